The summed E-state index contributed by atoms with van der Waals surface area (Å²) in [6, 6.07) is 5.89. The van der Waals surface area contributed by atoms with Gasteiger partial charge in [0.2, 0.25) is 0 Å². The van der Waals surface area contributed by atoms with Crippen LogP contribution in [0.1, 0.15) is 25.3 Å². The van der Waals surface area contributed by atoms with Crippen LogP contribution in [0.25, 0.3) is 0 Å². The molecule has 1 rings (SSSR count). The molecule has 116 valence electrons. The van der Waals surface area contributed by atoms with E-state index in [1.165, 1.54) is 12.1 Å². The zero-order valence-corrected chi connectivity index (χ0v) is 12.1. The number of hydrogen-bond acceptors (Lipinski definition) is 2. The minimum absolute atomic E-state index is 0.0417. The third-order valence-corrected chi connectivity index (χ3v) is 3.18. The zero-order valence-electron chi connectivity index (χ0n) is 12.1. The lowest BCUT2D eigenvalue weighted by atomic mass is 10.0. The third-order valence-electron chi connectivity index (χ3n) is 3.18. The SMILES string of the molecule is CCC(CNC(=O)NCCc1cccc(F)c1)CC(=O)O. The van der Waals surface area contributed by atoms with Crippen LogP contribution in [0.5, 0.6) is 0 Å². The van der Waals surface area contributed by atoms with Gasteiger partial charge in [-0.25, -0.2) is 9.18 Å². The molecule has 1 aromatic rings. The number of hydrogen-bond donors (Lipinski definition) is 3. The van der Waals surface area contributed by atoms with Gasteiger partial charge in [-0.1, -0.05) is 25.5 Å². The standard InChI is InChI=1S/C15H21FN2O3/c1-2-11(9-14(19)20)10-18-15(21)17-7-6-12-4-3-5-13(16)8-12/h3-5,8,11H,2,6-7,9-10H2,1H3,(H,19,20)(H2,17,18,21). The minimum Gasteiger partial charge on any atom is -0.481 e. The molecular weight excluding hydrogens is 275 g/mol. The number of amides is 2. The number of carbonyl (C=O) groups is 2. The van der Waals surface area contributed by atoms with E-state index in [-0.39, 0.29) is 24.2 Å². The summed E-state index contributed by atoms with van der Waals surface area (Å²) in [6.07, 6.45) is 1.27. The number of halogens is 1. The molecule has 0 aliphatic rings. The van der Waals surface area contributed by atoms with Gasteiger partial charge in [-0.3, -0.25) is 4.79 Å². The Morgan fingerprint density at radius 3 is 2.71 bits per heavy atom. The number of rotatable bonds is 8. The summed E-state index contributed by atoms with van der Waals surface area (Å²) in [5, 5.41) is 14.0. The maximum atomic E-state index is 13.0. The van der Waals surface area contributed by atoms with Crippen molar-refractivity contribution in [1.82, 2.24) is 10.6 Å². The Hall–Kier alpha value is -2.11. The van der Waals surface area contributed by atoms with Crippen molar-refractivity contribution in [2.24, 2.45) is 5.92 Å². The second kappa shape index (κ2) is 8.94. The Bertz CT molecular complexity index is 480. The number of carbonyl (C=O) groups excluding carboxylic acids is 1. The maximum absolute atomic E-state index is 13.0. The zero-order chi connectivity index (χ0) is 15.7. The first kappa shape index (κ1) is 16.9. The number of benzene rings is 1. The van der Waals surface area contributed by atoms with Gasteiger partial charge >= 0.3 is 12.0 Å². The Kier molecular flexibility index (Phi) is 7.21. The number of nitrogens with one attached hydrogen (secondary N) is 2. The van der Waals surface area contributed by atoms with Gasteiger partial charge in [0.15, 0.2) is 0 Å². The largest absolute Gasteiger partial charge is 0.481 e. The van der Waals surface area contributed by atoms with Crippen LogP contribution in [0.4, 0.5) is 9.18 Å². The highest BCUT2D eigenvalue weighted by Gasteiger charge is 2.12. The minimum atomic E-state index is -0.866. The highest BCUT2D eigenvalue weighted by Crippen LogP contribution is 2.06. The predicted octanol–water partition coefficient (Wildman–Crippen LogP) is 2.17. The van der Waals surface area contributed by atoms with Crippen molar-refractivity contribution in [2.45, 2.75) is 26.2 Å². The van der Waals surface area contributed by atoms with Crippen LogP contribution in [0, 0.1) is 11.7 Å². The van der Waals surface area contributed by atoms with Crippen molar-refractivity contribution >= 4 is 12.0 Å². The van der Waals surface area contributed by atoms with E-state index in [0.29, 0.717) is 25.9 Å². The quantitative estimate of drug-likeness (QED) is 0.688. The molecule has 21 heavy (non-hydrogen) atoms. The second-order valence-corrected chi connectivity index (χ2v) is 4.89. The molecule has 5 nitrogen and oxygen atoms in total. The van der Waals surface area contributed by atoms with Gasteiger partial charge < -0.3 is 15.7 Å². The molecular formula is C15H21FN2O3. The number of urea groups is 1. The van der Waals surface area contributed by atoms with Crippen LogP contribution < -0.4 is 10.6 Å². The van der Waals surface area contributed by atoms with E-state index < -0.39 is 5.97 Å². The van der Waals surface area contributed by atoms with E-state index in [0.717, 1.165) is 5.56 Å². The van der Waals surface area contributed by atoms with E-state index in [4.69, 9.17) is 5.11 Å². The van der Waals surface area contributed by atoms with E-state index >= 15 is 0 Å². The molecule has 2 amide bonds. The van der Waals surface area contributed by atoms with Crippen LogP contribution in [-0.2, 0) is 11.2 Å². The fraction of sp³-hybridized carbons (Fsp3) is 0.467. The smallest absolute Gasteiger partial charge is 0.314 e. The lowest BCUT2D eigenvalue weighted by Crippen LogP contribution is -2.39. The van der Waals surface area contributed by atoms with Crippen molar-refractivity contribution in [1.29, 1.82) is 0 Å². The summed E-state index contributed by atoms with van der Waals surface area (Å²) >= 11 is 0. The first-order valence-electron chi connectivity index (χ1n) is 6.99. The van der Waals surface area contributed by atoms with Crippen LogP contribution in [0.15, 0.2) is 24.3 Å². The summed E-state index contributed by atoms with van der Waals surface area (Å²) in [4.78, 5) is 22.2. The average Bonchev–Trinajstić information content (AvgIpc) is 2.43. The monoisotopic (exact) mass is 296 g/mol. The molecule has 6 heteroatoms. The van der Waals surface area contributed by atoms with Crippen molar-refractivity contribution in [2.75, 3.05) is 13.1 Å². The van der Waals surface area contributed by atoms with Crippen LogP contribution >= 0.6 is 0 Å². The van der Waals surface area contributed by atoms with Gasteiger partial charge in [0.05, 0.1) is 0 Å². The summed E-state index contributed by atoms with van der Waals surface area (Å²) in [5.74, 6) is -1.23. The van der Waals surface area contributed by atoms with Crippen LogP contribution in [0.3, 0.4) is 0 Å². The lowest BCUT2D eigenvalue weighted by Gasteiger charge is -2.14. The number of carboxylic acid groups (broad SMARTS) is 1. The molecule has 1 atom stereocenters. The first-order chi connectivity index (χ1) is 10.0. The number of aliphatic carboxylic acids is 1. The Morgan fingerprint density at radius 2 is 2.10 bits per heavy atom. The van der Waals surface area contributed by atoms with Gasteiger partial charge in [-0.05, 0) is 30.0 Å². The normalized spacial score (nSPS) is 11.7. The first-order valence-corrected chi connectivity index (χ1v) is 6.99. The van der Waals surface area contributed by atoms with E-state index in [1.54, 1.807) is 12.1 Å². The van der Waals surface area contributed by atoms with E-state index in [2.05, 4.69) is 10.6 Å². The highest BCUT2D eigenvalue weighted by atomic mass is 19.1. The fourth-order valence-electron chi connectivity index (χ4n) is 1.92. The maximum Gasteiger partial charge on any atom is 0.314 e. The molecule has 3 N–H and O–H groups in total. The second-order valence-electron chi connectivity index (χ2n) is 4.89. The molecule has 1 aromatic carbocycles. The molecule has 0 aliphatic carbocycles. The van der Waals surface area contributed by atoms with Gasteiger partial charge in [-0.2, -0.15) is 0 Å². The Morgan fingerprint density at radius 1 is 1.33 bits per heavy atom. The molecule has 0 radical (unpaired) electrons. The molecule has 0 saturated heterocycles. The Balaban J connectivity index is 2.23. The summed E-state index contributed by atoms with van der Waals surface area (Å²) in [7, 11) is 0. The van der Waals surface area contributed by atoms with Crippen LogP contribution in [0.2, 0.25) is 0 Å². The summed E-state index contributed by atoms with van der Waals surface area (Å²) < 4.78 is 13.0. The predicted molar refractivity (Wildman–Crippen MR) is 77.5 cm³/mol. The third kappa shape index (κ3) is 7.29. The highest BCUT2D eigenvalue weighted by molar-refractivity contribution is 5.74. The summed E-state index contributed by atoms with van der Waals surface area (Å²) in [5.41, 5.74) is 0.813. The van der Waals surface area contributed by atoms with Gasteiger partial charge in [0.25, 0.3) is 0 Å². The van der Waals surface area contributed by atoms with Crippen molar-refractivity contribution in [3.63, 3.8) is 0 Å². The van der Waals surface area contributed by atoms with Crippen molar-refractivity contribution < 1.29 is 19.1 Å². The Labute approximate surface area is 123 Å². The molecule has 0 aliphatic heterocycles. The van der Waals surface area contributed by atoms with Crippen molar-refractivity contribution in [3.05, 3.63) is 35.6 Å². The van der Waals surface area contributed by atoms with E-state index in [9.17, 15) is 14.0 Å². The molecule has 0 heterocycles. The molecule has 0 saturated carbocycles. The summed E-state index contributed by atoms with van der Waals surface area (Å²) in [6.45, 7) is 2.61. The molecule has 1 unspecified atom stereocenters. The number of carboxylic acids is 1. The van der Waals surface area contributed by atoms with Crippen molar-refractivity contribution in [3.8, 4) is 0 Å². The van der Waals surface area contributed by atoms with Gasteiger partial charge in [0, 0.05) is 19.5 Å². The molecule has 0 aromatic heterocycles. The molecule has 0 spiro atoms. The van der Waals surface area contributed by atoms with Gasteiger partial charge in [0.1, 0.15) is 5.82 Å². The average molecular weight is 296 g/mol. The van der Waals surface area contributed by atoms with Gasteiger partial charge in [-0.15, -0.1) is 0 Å². The lowest BCUT2D eigenvalue weighted by molar-refractivity contribution is -0.138. The molecule has 0 fully saturated rings. The van der Waals surface area contributed by atoms with E-state index in [1.807, 2.05) is 6.92 Å². The fourth-order valence-corrected chi connectivity index (χ4v) is 1.92. The molecule has 0 bridgehead atoms. The topological polar surface area (TPSA) is 78.4 Å². The van der Waals surface area contributed by atoms with Crippen LogP contribution in [-0.4, -0.2) is 30.2 Å².